The number of likely N-dealkylation sites (N-methyl/N-ethyl adjacent to an activating group) is 1. The summed E-state index contributed by atoms with van der Waals surface area (Å²) in [4.78, 5) is 0. The van der Waals surface area contributed by atoms with Crippen LogP contribution in [0.25, 0.3) is 0 Å². The quantitative estimate of drug-likeness (QED) is 0.509. The van der Waals surface area contributed by atoms with Gasteiger partial charge in [0.2, 0.25) is 0 Å². The number of hydrogen-bond donors (Lipinski definition) is 0. The Bertz CT molecular complexity index is 309. The smallest absolute Gasteiger partial charge is 0.105 e. The highest BCUT2D eigenvalue weighted by molar-refractivity contribution is 5.13. The first kappa shape index (κ1) is 15.1. The van der Waals surface area contributed by atoms with Gasteiger partial charge >= 0.3 is 0 Å². The average molecular weight is 282 g/mol. The Morgan fingerprint density at radius 3 is 2.00 bits per heavy atom. The van der Waals surface area contributed by atoms with Gasteiger partial charge < -0.3 is 21.5 Å². The lowest BCUT2D eigenvalue weighted by atomic mass is 10.2. The SMILES string of the molecule is C=CC[N+](C)(CC=C)Cc1ccccc1.[Br-]. The van der Waals surface area contributed by atoms with Crippen molar-refractivity contribution in [2.75, 3.05) is 20.1 Å². The Kier molecular flexibility index (Phi) is 7.02. The number of rotatable bonds is 6. The van der Waals surface area contributed by atoms with E-state index in [1.807, 2.05) is 12.2 Å². The summed E-state index contributed by atoms with van der Waals surface area (Å²) in [5.41, 5.74) is 1.36. The average Bonchev–Trinajstić information content (AvgIpc) is 2.19. The van der Waals surface area contributed by atoms with Crippen LogP contribution in [-0.2, 0) is 6.54 Å². The van der Waals surface area contributed by atoms with Crippen molar-refractivity contribution in [3.05, 3.63) is 61.2 Å². The summed E-state index contributed by atoms with van der Waals surface area (Å²) in [5, 5.41) is 0. The molecular weight excluding hydrogens is 262 g/mol. The molecule has 0 spiro atoms. The largest absolute Gasteiger partial charge is 1.00 e. The number of quaternary nitrogens is 1. The van der Waals surface area contributed by atoms with E-state index in [4.69, 9.17) is 0 Å². The minimum atomic E-state index is 0. The van der Waals surface area contributed by atoms with Crippen LogP contribution in [0.5, 0.6) is 0 Å². The summed E-state index contributed by atoms with van der Waals surface area (Å²) < 4.78 is 0.941. The predicted molar refractivity (Wildman–Crippen MR) is 66.5 cm³/mol. The minimum Gasteiger partial charge on any atom is -1.00 e. The van der Waals surface area contributed by atoms with Gasteiger partial charge in [-0.2, -0.15) is 0 Å². The fraction of sp³-hybridized carbons (Fsp3) is 0.286. The van der Waals surface area contributed by atoms with E-state index in [0.29, 0.717) is 0 Å². The molecule has 0 aliphatic rings. The third kappa shape index (κ3) is 4.77. The van der Waals surface area contributed by atoms with Crippen molar-refractivity contribution in [2.45, 2.75) is 6.54 Å². The van der Waals surface area contributed by atoms with Gasteiger partial charge in [0.25, 0.3) is 0 Å². The summed E-state index contributed by atoms with van der Waals surface area (Å²) in [6.45, 7) is 10.6. The highest BCUT2D eigenvalue weighted by atomic mass is 79.9. The highest BCUT2D eigenvalue weighted by Crippen LogP contribution is 2.11. The van der Waals surface area contributed by atoms with Crippen molar-refractivity contribution in [3.8, 4) is 0 Å². The van der Waals surface area contributed by atoms with E-state index < -0.39 is 0 Å². The molecule has 0 unspecified atom stereocenters. The first-order chi connectivity index (χ1) is 7.20. The van der Waals surface area contributed by atoms with E-state index in [9.17, 15) is 0 Å². The van der Waals surface area contributed by atoms with Gasteiger partial charge in [0.05, 0.1) is 20.1 Å². The zero-order chi connectivity index (χ0) is 11.1. The standard InChI is InChI=1S/C14H20N.BrH/c1-4-11-15(3,12-5-2)13-14-9-7-6-8-10-14;/h4-10H,1-2,11-13H2,3H3;1H/q+1;/p-1. The molecule has 1 aromatic rings. The Balaban J connectivity index is 0.00000225. The second-order valence-corrected chi connectivity index (χ2v) is 4.21. The molecule has 0 N–H and O–H groups in total. The lowest BCUT2D eigenvalue weighted by Crippen LogP contribution is -3.00. The van der Waals surface area contributed by atoms with Crippen molar-refractivity contribution < 1.29 is 21.5 Å². The van der Waals surface area contributed by atoms with Crippen LogP contribution < -0.4 is 17.0 Å². The second kappa shape index (κ2) is 7.42. The van der Waals surface area contributed by atoms with E-state index >= 15 is 0 Å². The van der Waals surface area contributed by atoms with Gasteiger partial charge in [0.1, 0.15) is 6.54 Å². The monoisotopic (exact) mass is 281 g/mol. The third-order valence-corrected chi connectivity index (χ3v) is 2.55. The van der Waals surface area contributed by atoms with E-state index in [2.05, 4.69) is 50.5 Å². The molecule has 0 aliphatic heterocycles. The lowest BCUT2D eigenvalue weighted by Gasteiger charge is -2.32. The van der Waals surface area contributed by atoms with Gasteiger partial charge in [-0.05, 0) is 12.2 Å². The predicted octanol–water partition coefficient (Wildman–Crippen LogP) is 0.00920. The Labute approximate surface area is 109 Å². The van der Waals surface area contributed by atoms with Crippen LogP contribution in [0.2, 0.25) is 0 Å². The molecule has 88 valence electrons. The van der Waals surface area contributed by atoms with Gasteiger partial charge in [0, 0.05) is 5.56 Å². The van der Waals surface area contributed by atoms with Gasteiger partial charge in [-0.25, -0.2) is 0 Å². The molecule has 0 radical (unpaired) electrons. The van der Waals surface area contributed by atoms with E-state index in [1.165, 1.54) is 5.56 Å². The third-order valence-electron chi connectivity index (χ3n) is 2.55. The van der Waals surface area contributed by atoms with Crippen molar-refractivity contribution in [1.29, 1.82) is 0 Å². The molecule has 0 bridgehead atoms. The first-order valence-corrected chi connectivity index (χ1v) is 5.29. The minimum absolute atomic E-state index is 0. The highest BCUT2D eigenvalue weighted by Gasteiger charge is 2.18. The van der Waals surface area contributed by atoms with Crippen LogP contribution >= 0.6 is 0 Å². The van der Waals surface area contributed by atoms with Gasteiger partial charge in [-0.1, -0.05) is 43.5 Å². The maximum Gasteiger partial charge on any atom is 0.105 e. The Morgan fingerprint density at radius 1 is 1.06 bits per heavy atom. The second-order valence-electron chi connectivity index (χ2n) is 4.21. The van der Waals surface area contributed by atoms with E-state index in [-0.39, 0.29) is 17.0 Å². The van der Waals surface area contributed by atoms with Crippen LogP contribution in [0.4, 0.5) is 0 Å². The number of halogens is 1. The van der Waals surface area contributed by atoms with E-state index in [1.54, 1.807) is 0 Å². The fourth-order valence-electron chi connectivity index (χ4n) is 1.85. The molecule has 2 heteroatoms. The molecule has 0 saturated carbocycles. The normalized spacial score (nSPS) is 10.3. The Morgan fingerprint density at radius 2 is 1.56 bits per heavy atom. The zero-order valence-electron chi connectivity index (χ0n) is 9.90. The number of hydrogen-bond acceptors (Lipinski definition) is 0. The maximum absolute atomic E-state index is 3.82. The van der Waals surface area contributed by atoms with Gasteiger partial charge in [0.15, 0.2) is 0 Å². The molecule has 0 aliphatic carbocycles. The van der Waals surface area contributed by atoms with Crippen molar-refractivity contribution in [1.82, 2.24) is 0 Å². The van der Waals surface area contributed by atoms with E-state index in [0.717, 1.165) is 24.1 Å². The molecule has 16 heavy (non-hydrogen) atoms. The number of benzene rings is 1. The van der Waals surface area contributed by atoms with Crippen molar-refractivity contribution in [3.63, 3.8) is 0 Å². The summed E-state index contributed by atoms with van der Waals surface area (Å²) in [6, 6.07) is 10.6. The Hall–Kier alpha value is -0.860. The zero-order valence-corrected chi connectivity index (χ0v) is 11.5. The maximum atomic E-state index is 3.82. The van der Waals surface area contributed by atoms with Gasteiger partial charge in [-0.3, -0.25) is 0 Å². The molecule has 0 amide bonds. The number of nitrogens with zero attached hydrogens (tertiary/aromatic N) is 1. The molecule has 1 rings (SSSR count). The molecule has 0 aromatic heterocycles. The van der Waals surface area contributed by atoms with Crippen molar-refractivity contribution >= 4 is 0 Å². The molecule has 1 aromatic carbocycles. The summed E-state index contributed by atoms with van der Waals surface area (Å²) in [5.74, 6) is 0. The van der Waals surface area contributed by atoms with Crippen molar-refractivity contribution in [2.24, 2.45) is 0 Å². The van der Waals surface area contributed by atoms with Crippen LogP contribution in [0, 0.1) is 0 Å². The molecule has 0 fully saturated rings. The first-order valence-electron chi connectivity index (χ1n) is 5.29. The molecule has 0 atom stereocenters. The molecular formula is C14H20BrN. The molecule has 1 nitrogen and oxygen atoms in total. The fourth-order valence-corrected chi connectivity index (χ4v) is 1.85. The molecule has 0 heterocycles. The van der Waals surface area contributed by atoms with Crippen LogP contribution in [0.15, 0.2) is 55.6 Å². The molecule has 0 saturated heterocycles. The summed E-state index contributed by atoms with van der Waals surface area (Å²) in [7, 11) is 2.23. The topological polar surface area (TPSA) is 0 Å². The lowest BCUT2D eigenvalue weighted by molar-refractivity contribution is -0.911. The summed E-state index contributed by atoms with van der Waals surface area (Å²) in [6.07, 6.45) is 3.96. The summed E-state index contributed by atoms with van der Waals surface area (Å²) >= 11 is 0. The van der Waals surface area contributed by atoms with Gasteiger partial charge in [-0.15, -0.1) is 0 Å². The van der Waals surface area contributed by atoms with Crippen LogP contribution in [0.3, 0.4) is 0 Å². The van der Waals surface area contributed by atoms with Crippen LogP contribution in [0.1, 0.15) is 5.56 Å². The van der Waals surface area contributed by atoms with Crippen LogP contribution in [-0.4, -0.2) is 24.6 Å².